The molecule has 20 heavy (non-hydrogen) atoms. The molecule has 2 amide bonds. The summed E-state index contributed by atoms with van der Waals surface area (Å²) in [7, 11) is 0. The number of amides is 2. The normalized spacial score (nSPS) is 12.8. The van der Waals surface area contributed by atoms with E-state index >= 15 is 0 Å². The van der Waals surface area contributed by atoms with Crippen LogP contribution in [0.5, 0.6) is 0 Å². The molecule has 2 N–H and O–H groups in total. The van der Waals surface area contributed by atoms with Gasteiger partial charge in [0.25, 0.3) is 0 Å². The molecule has 0 fully saturated rings. The van der Waals surface area contributed by atoms with Crippen LogP contribution in [0.4, 0.5) is 18.0 Å². The quantitative estimate of drug-likeness (QED) is 0.723. The SMILES string of the molecule is CCCN(CC(F)(F)F)C(=O)NCC(C)CCC(=O)O. The minimum atomic E-state index is -4.43. The summed E-state index contributed by atoms with van der Waals surface area (Å²) in [5.74, 6) is -1.04. The van der Waals surface area contributed by atoms with Crippen molar-refractivity contribution in [1.82, 2.24) is 10.2 Å². The number of carboxylic acid groups (broad SMARTS) is 1. The van der Waals surface area contributed by atoms with Crippen molar-refractivity contribution < 1.29 is 27.9 Å². The van der Waals surface area contributed by atoms with Gasteiger partial charge in [-0.25, -0.2) is 4.79 Å². The summed E-state index contributed by atoms with van der Waals surface area (Å²) in [4.78, 5) is 22.7. The minimum absolute atomic E-state index is 0.0227. The number of hydrogen-bond donors (Lipinski definition) is 2. The van der Waals surface area contributed by atoms with Crippen molar-refractivity contribution >= 4 is 12.0 Å². The monoisotopic (exact) mass is 298 g/mol. The Morgan fingerprint density at radius 1 is 1.35 bits per heavy atom. The third-order valence-corrected chi connectivity index (χ3v) is 2.60. The fourth-order valence-electron chi connectivity index (χ4n) is 1.58. The zero-order valence-corrected chi connectivity index (χ0v) is 11.7. The van der Waals surface area contributed by atoms with Crippen LogP contribution in [0.1, 0.15) is 33.1 Å². The molecule has 0 heterocycles. The average Bonchev–Trinajstić information content (AvgIpc) is 2.31. The molecular formula is C12H21F3N2O3. The first-order valence-electron chi connectivity index (χ1n) is 6.47. The number of nitrogens with zero attached hydrogens (tertiary/aromatic N) is 1. The second-order valence-corrected chi connectivity index (χ2v) is 4.76. The Morgan fingerprint density at radius 3 is 2.40 bits per heavy atom. The second-order valence-electron chi connectivity index (χ2n) is 4.76. The second kappa shape index (κ2) is 8.65. The maximum absolute atomic E-state index is 12.3. The number of carbonyl (C=O) groups is 2. The molecule has 0 aliphatic rings. The van der Waals surface area contributed by atoms with Crippen LogP contribution < -0.4 is 5.32 Å². The topological polar surface area (TPSA) is 69.6 Å². The van der Waals surface area contributed by atoms with Crippen LogP contribution in [0.25, 0.3) is 0 Å². The predicted molar refractivity (Wildman–Crippen MR) is 67.4 cm³/mol. The van der Waals surface area contributed by atoms with Gasteiger partial charge in [0.1, 0.15) is 6.54 Å². The van der Waals surface area contributed by atoms with Crippen molar-refractivity contribution in [2.45, 2.75) is 39.3 Å². The average molecular weight is 298 g/mol. The highest BCUT2D eigenvalue weighted by atomic mass is 19.4. The zero-order valence-electron chi connectivity index (χ0n) is 11.7. The molecule has 0 aromatic carbocycles. The van der Waals surface area contributed by atoms with Crippen molar-refractivity contribution in [3.8, 4) is 0 Å². The number of hydrogen-bond acceptors (Lipinski definition) is 2. The van der Waals surface area contributed by atoms with Gasteiger partial charge >= 0.3 is 18.2 Å². The van der Waals surface area contributed by atoms with Crippen molar-refractivity contribution in [3.05, 3.63) is 0 Å². The van der Waals surface area contributed by atoms with Gasteiger partial charge in [-0.2, -0.15) is 13.2 Å². The molecule has 0 radical (unpaired) electrons. The van der Waals surface area contributed by atoms with Crippen LogP contribution >= 0.6 is 0 Å². The van der Waals surface area contributed by atoms with Crippen molar-refractivity contribution in [3.63, 3.8) is 0 Å². The highest BCUT2D eigenvalue weighted by molar-refractivity contribution is 5.74. The van der Waals surface area contributed by atoms with Crippen LogP contribution in [0.3, 0.4) is 0 Å². The molecule has 0 rings (SSSR count). The minimum Gasteiger partial charge on any atom is -0.481 e. The molecule has 0 aliphatic carbocycles. The lowest BCUT2D eigenvalue weighted by Crippen LogP contribution is -2.46. The molecule has 0 saturated heterocycles. The lowest BCUT2D eigenvalue weighted by atomic mass is 10.1. The molecule has 1 unspecified atom stereocenters. The third kappa shape index (κ3) is 9.46. The zero-order chi connectivity index (χ0) is 15.8. The molecule has 0 bridgehead atoms. The highest BCUT2D eigenvalue weighted by Crippen LogP contribution is 2.16. The summed E-state index contributed by atoms with van der Waals surface area (Å²) < 4.78 is 36.9. The number of alkyl halides is 3. The summed E-state index contributed by atoms with van der Waals surface area (Å²) in [5.41, 5.74) is 0. The van der Waals surface area contributed by atoms with Gasteiger partial charge in [-0.05, 0) is 18.8 Å². The van der Waals surface area contributed by atoms with Gasteiger partial charge < -0.3 is 15.3 Å². The molecule has 8 heteroatoms. The summed E-state index contributed by atoms with van der Waals surface area (Å²) in [6.07, 6.45) is -3.67. The molecule has 0 aromatic heterocycles. The summed E-state index contributed by atoms with van der Waals surface area (Å²) >= 11 is 0. The molecule has 0 aromatic rings. The number of halogens is 3. The first-order chi connectivity index (χ1) is 9.15. The van der Waals surface area contributed by atoms with Crippen LogP contribution in [-0.2, 0) is 4.79 Å². The Balaban J connectivity index is 4.22. The molecule has 1 atom stereocenters. The summed E-state index contributed by atoms with van der Waals surface area (Å²) in [6.45, 7) is 2.32. The van der Waals surface area contributed by atoms with Gasteiger partial charge in [0.2, 0.25) is 0 Å². The smallest absolute Gasteiger partial charge is 0.406 e. The van der Waals surface area contributed by atoms with E-state index in [9.17, 15) is 22.8 Å². The van der Waals surface area contributed by atoms with E-state index in [2.05, 4.69) is 5.32 Å². The largest absolute Gasteiger partial charge is 0.481 e. The lowest BCUT2D eigenvalue weighted by molar-refractivity contribution is -0.140. The molecule has 0 saturated carbocycles. The van der Waals surface area contributed by atoms with Crippen molar-refractivity contribution in [2.24, 2.45) is 5.92 Å². The van der Waals surface area contributed by atoms with E-state index in [0.29, 0.717) is 17.7 Å². The molecule has 118 valence electrons. The van der Waals surface area contributed by atoms with E-state index in [0.717, 1.165) is 0 Å². The fraction of sp³-hybridized carbons (Fsp3) is 0.833. The van der Waals surface area contributed by atoms with E-state index in [1.54, 1.807) is 13.8 Å². The van der Waals surface area contributed by atoms with Crippen LogP contribution in [0.2, 0.25) is 0 Å². The van der Waals surface area contributed by atoms with Crippen LogP contribution in [0, 0.1) is 5.92 Å². The van der Waals surface area contributed by atoms with E-state index in [4.69, 9.17) is 5.11 Å². The number of urea groups is 1. The first kappa shape index (κ1) is 18.5. The Kier molecular flexibility index (Phi) is 8.02. The fourth-order valence-corrected chi connectivity index (χ4v) is 1.58. The number of rotatable bonds is 8. The van der Waals surface area contributed by atoms with Gasteiger partial charge in [-0.1, -0.05) is 13.8 Å². The standard InChI is InChI=1S/C12H21F3N2O3/c1-3-6-17(8-12(13,14)15)11(20)16-7-9(2)4-5-10(18)19/h9H,3-8H2,1-2H3,(H,16,20)(H,18,19). The highest BCUT2D eigenvalue weighted by Gasteiger charge is 2.32. The number of nitrogens with one attached hydrogen (secondary N) is 1. The van der Waals surface area contributed by atoms with Crippen molar-refractivity contribution in [1.29, 1.82) is 0 Å². The first-order valence-corrected chi connectivity index (χ1v) is 6.47. The molecular weight excluding hydrogens is 277 g/mol. The maximum Gasteiger partial charge on any atom is 0.406 e. The van der Waals surface area contributed by atoms with Gasteiger partial charge in [-0.15, -0.1) is 0 Å². The predicted octanol–water partition coefficient (Wildman–Crippen LogP) is 2.47. The van der Waals surface area contributed by atoms with Crippen molar-refractivity contribution in [2.75, 3.05) is 19.6 Å². The maximum atomic E-state index is 12.3. The van der Waals surface area contributed by atoms with Gasteiger partial charge in [0, 0.05) is 19.5 Å². The third-order valence-electron chi connectivity index (χ3n) is 2.60. The Labute approximate surface area is 116 Å². The van der Waals surface area contributed by atoms with Gasteiger partial charge in [-0.3, -0.25) is 4.79 Å². The van der Waals surface area contributed by atoms with E-state index in [1.165, 1.54) is 0 Å². The summed E-state index contributed by atoms with van der Waals surface area (Å²) in [6, 6.07) is -0.772. The lowest BCUT2D eigenvalue weighted by Gasteiger charge is -2.24. The molecule has 0 aliphatic heterocycles. The molecule has 0 spiro atoms. The van der Waals surface area contributed by atoms with Gasteiger partial charge in [0.05, 0.1) is 0 Å². The van der Waals surface area contributed by atoms with Crippen LogP contribution in [0.15, 0.2) is 0 Å². The number of carbonyl (C=O) groups excluding carboxylic acids is 1. The van der Waals surface area contributed by atoms with E-state index < -0.39 is 24.7 Å². The van der Waals surface area contributed by atoms with Gasteiger partial charge in [0.15, 0.2) is 0 Å². The Hall–Kier alpha value is -1.47. The number of carboxylic acids is 1. The Morgan fingerprint density at radius 2 is 1.95 bits per heavy atom. The van der Waals surface area contributed by atoms with Crippen LogP contribution in [-0.4, -0.2) is 47.8 Å². The van der Waals surface area contributed by atoms with E-state index in [1.807, 2.05) is 0 Å². The summed E-state index contributed by atoms with van der Waals surface area (Å²) in [5, 5.41) is 10.9. The van der Waals surface area contributed by atoms with E-state index in [-0.39, 0.29) is 25.4 Å². The number of aliphatic carboxylic acids is 1. The Bertz CT molecular complexity index is 322. The molecule has 5 nitrogen and oxygen atoms in total.